The molecular weight excluding hydrogens is 509 g/mol. The SMILES string of the molecule is CCCNC(=O)C(C)N(Cc1ccc(F)cc1)C(=O)CCCN(c1ccc(OC)c(Cl)c1)S(C)(=O)=O. The van der Waals surface area contributed by atoms with Crippen LogP contribution in [0.5, 0.6) is 5.75 Å². The van der Waals surface area contributed by atoms with Crippen molar-refractivity contribution in [1.82, 2.24) is 10.2 Å². The molecule has 0 heterocycles. The van der Waals surface area contributed by atoms with E-state index in [0.29, 0.717) is 23.5 Å². The first-order valence-electron chi connectivity index (χ1n) is 11.6. The van der Waals surface area contributed by atoms with Gasteiger partial charge < -0.3 is 15.0 Å². The molecule has 0 aliphatic heterocycles. The lowest BCUT2D eigenvalue weighted by Crippen LogP contribution is -2.47. The van der Waals surface area contributed by atoms with Crippen molar-refractivity contribution in [2.45, 2.75) is 45.7 Å². The molecule has 1 N–H and O–H groups in total. The summed E-state index contributed by atoms with van der Waals surface area (Å²) in [6.45, 7) is 4.19. The summed E-state index contributed by atoms with van der Waals surface area (Å²) >= 11 is 6.17. The molecule has 1 atom stereocenters. The second-order valence-corrected chi connectivity index (χ2v) is 10.7. The second kappa shape index (κ2) is 13.5. The van der Waals surface area contributed by atoms with E-state index in [2.05, 4.69) is 5.32 Å². The van der Waals surface area contributed by atoms with Gasteiger partial charge in [-0.2, -0.15) is 0 Å². The molecule has 0 aliphatic carbocycles. The number of nitrogens with one attached hydrogen (secondary N) is 1. The number of hydrogen-bond donors (Lipinski definition) is 1. The number of carbonyl (C=O) groups excluding carboxylic acids is 2. The Morgan fingerprint density at radius 3 is 2.39 bits per heavy atom. The van der Waals surface area contributed by atoms with Gasteiger partial charge in [0.1, 0.15) is 17.6 Å². The lowest BCUT2D eigenvalue weighted by Gasteiger charge is -2.29. The summed E-state index contributed by atoms with van der Waals surface area (Å²) in [6, 6.07) is 9.59. The van der Waals surface area contributed by atoms with Crippen LogP contribution < -0.4 is 14.4 Å². The fourth-order valence-corrected chi connectivity index (χ4v) is 4.79. The monoisotopic (exact) mass is 541 g/mol. The van der Waals surface area contributed by atoms with Gasteiger partial charge >= 0.3 is 0 Å². The molecule has 1 unspecified atom stereocenters. The minimum Gasteiger partial charge on any atom is -0.495 e. The fourth-order valence-electron chi connectivity index (χ4n) is 3.58. The molecule has 0 bridgehead atoms. The van der Waals surface area contributed by atoms with Gasteiger partial charge in [0.15, 0.2) is 0 Å². The van der Waals surface area contributed by atoms with Crippen LogP contribution in [0, 0.1) is 5.82 Å². The number of hydrogen-bond acceptors (Lipinski definition) is 5. The van der Waals surface area contributed by atoms with E-state index in [0.717, 1.165) is 12.7 Å². The van der Waals surface area contributed by atoms with Gasteiger partial charge in [0.25, 0.3) is 0 Å². The lowest BCUT2D eigenvalue weighted by atomic mass is 10.1. The van der Waals surface area contributed by atoms with E-state index in [9.17, 15) is 22.4 Å². The average Bonchev–Trinajstić information content (AvgIpc) is 2.83. The largest absolute Gasteiger partial charge is 0.495 e. The summed E-state index contributed by atoms with van der Waals surface area (Å²) in [5.74, 6) is -0.599. The van der Waals surface area contributed by atoms with E-state index in [4.69, 9.17) is 16.3 Å². The van der Waals surface area contributed by atoms with Crippen LogP contribution in [0.1, 0.15) is 38.7 Å². The number of sulfonamides is 1. The fraction of sp³-hybridized carbons (Fsp3) is 0.440. The quantitative estimate of drug-likeness (QED) is 0.414. The van der Waals surface area contributed by atoms with Crippen LogP contribution in [-0.4, -0.2) is 57.6 Å². The number of anilines is 1. The first-order chi connectivity index (χ1) is 17.0. The third-order valence-electron chi connectivity index (χ3n) is 5.56. The number of nitrogens with zero attached hydrogens (tertiary/aromatic N) is 2. The highest BCUT2D eigenvalue weighted by Crippen LogP contribution is 2.30. The Morgan fingerprint density at radius 1 is 1.17 bits per heavy atom. The van der Waals surface area contributed by atoms with Crippen LogP contribution in [0.25, 0.3) is 0 Å². The van der Waals surface area contributed by atoms with E-state index in [1.165, 1.54) is 34.5 Å². The Bertz CT molecular complexity index is 1140. The van der Waals surface area contributed by atoms with E-state index < -0.39 is 21.9 Å². The van der Waals surface area contributed by atoms with Gasteiger partial charge in [0, 0.05) is 26.1 Å². The number of rotatable bonds is 13. The standard InChI is InChI=1S/C25H33ClFN3O5S/c1-5-14-28-25(32)18(2)29(17-19-8-10-20(27)11-9-19)24(31)7-6-15-30(36(4,33)34)21-12-13-23(35-3)22(26)16-21/h8-13,16,18H,5-7,14-15,17H2,1-4H3,(H,28,32). The minimum atomic E-state index is -3.66. The molecule has 2 aromatic carbocycles. The normalized spacial score (nSPS) is 12.1. The Balaban J connectivity index is 2.17. The van der Waals surface area contributed by atoms with Crippen LogP contribution >= 0.6 is 11.6 Å². The molecule has 2 aromatic rings. The zero-order valence-electron chi connectivity index (χ0n) is 21.0. The molecule has 0 saturated carbocycles. The summed E-state index contributed by atoms with van der Waals surface area (Å²) in [6.07, 6.45) is 2.04. The Hall–Kier alpha value is -2.85. The topological polar surface area (TPSA) is 96.0 Å². The highest BCUT2D eigenvalue weighted by molar-refractivity contribution is 7.92. The number of halogens is 2. The molecule has 0 spiro atoms. The van der Waals surface area contributed by atoms with Gasteiger partial charge in [0.05, 0.1) is 24.1 Å². The van der Waals surface area contributed by atoms with Crippen LogP contribution in [0.3, 0.4) is 0 Å². The van der Waals surface area contributed by atoms with Crippen LogP contribution in [-0.2, 0) is 26.2 Å². The molecule has 198 valence electrons. The summed E-state index contributed by atoms with van der Waals surface area (Å²) in [5.41, 5.74) is 1.02. The molecule has 0 saturated heterocycles. The van der Waals surface area contributed by atoms with Gasteiger partial charge in [0.2, 0.25) is 21.8 Å². The Labute approximate surface area is 217 Å². The van der Waals surface area contributed by atoms with Crippen LogP contribution in [0.15, 0.2) is 42.5 Å². The van der Waals surface area contributed by atoms with Gasteiger partial charge in [-0.1, -0.05) is 30.7 Å². The maximum atomic E-state index is 13.3. The maximum Gasteiger partial charge on any atom is 0.242 e. The average molecular weight is 542 g/mol. The van der Waals surface area contributed by atoms with Crippen molar-refractivity contribution in [1.29, 1.82) is 0 Å². The van der Waals surface area contributed by atoms with E-state index in [-0.39, 0.29) is 42.8 Å². The summed E-state index contributed by atoms with van der Waals surface area (Å²) < 4.78 is 44.5. The van der Waals surface area contributed by atoms with Gasteiger partial charge in [-0.05, 0) is 55.7 Å². The predicted molar refractivity (Wildman–Crippen MR) is 139 cm³/mol. The van der Waals surface area contributed by atoms with Crippen LogP contribution in [0.4, 0.5) is 10.1 Å². The van der Waals surface area contributed by atoms with Crippen LogP contribution in [0.2, 0.25) is 5.02 Å². The molecule has 2 rings (SSSR count). The van der Waals surface area contributed by atoms with Crippen molar-refractivity contribution in [3.05, 3.63) is 58.9 Å². The zero-order valence-corrected chi connectivity index (χ0v) is 22.5. The van der Waals surface area contributed by atoms with Crippen molar-refractivity contribution in [3.63, 3.8) is 0 Å². The number of carbonyl (C=O) groups is 2. The van der Waals surface area contributed by atoms with Gasteiger partial charge in [-0.3, -0.25) is 13.9 Å². The first-order valence-corrected chi connectivity index (χ1v) is 13.8. The molecule has 36 heavy (non-hydrogen) atoms. The number of methoxy groups -OCH3 is 1. The van der Waals surface area contributed by atoms with Gasteiger partial charge in [-0.15, -0.1) is 0 Å². The van der Waals surface area contributed by atoms with E-state index in [1.807, 2.05) is 6.92 Å². The smallest absolute Gasteiger partial charge is 0.242 e. The zero-order chi connectivity index (χ0) is 26.9. The Morgan fingerprint density at radius 2 is 1.83 bits per heavy atom. The third-order valence-corrected chi connectivity index (χ3v) is 7.05. The molecule has 0 aromatic heterocycles. The maximum absolute atomic E-state index is 13.3. The highest BCUT2D eigenvalue weighted by Gasteiger charge is 2.26. The minimum absolute atomic E-state index is 0.00248. The molecule has 8 nitrogen and oxygen atoms in total. The summed E-state index contributed by atoms with van der Waals surface area (Å²) in [4.78, 5) is 27.2. The van der Waals surface area contributed by atoms with Crippen molar-refractivity contribution in [2.24, 2.45) is 0 Å². The molecular formula is C25H33ClFN3O5S. The number of amides is 2. The predicted octanol–water partition coefficient (Wildman–Crippen LogP) is 3.98. The second-order valence-electron chi connectivity index (χ2n) is 8.37. The number of ether oxygens (including phenoxy) is 1. The molecule has 0 aliphatic rings. The number of benzene rings is 2. The van der Waals surface area contributed by atoms with E-state index in [1.54, 1.807) is 31.2 Å². The van der Waals surface area contributed by atoms with E-state index >= 15 is 0 Å². The first kappa shape index (κ1) is 29.4. The Kier molecular flexibility index (Phi) is 11.0. The molecule has 0 radical (unpaired) electrons. The molecule has 0 fully saturated rings. The molecule has 11 heteroatoms. The van der Waals surface area contributed by atoms with Gasteiger partial charge in [-0.25, -0.2) is 12.8 Å². The summed E-state index contributed by atoms with van der Waals surface area (Å²) in [7, 11) is -2.20. The highest BCUT2D eigenvalue weighted by atomic mass is 35.5. The third kappa shape index (κ3) is 8.37. The summed E-state index contributed by atoms with van der Waals surface area (Å²) in [5, 5.41) is 3.05. The van der Waals surface area contributed by atoms with Crippen molar-refractivity contribution >= 4 is 39.1 Å². The molecule has 2 amide bonds. The van der Waals surface area contributed by atoms with Crippen molar-refractivity contribution in [3.8, 4) is 5.75 Å². The van der Waals surface area contributed by atoms with Crippen molar-refractivity contribution < 1.29 is 27.1 Å². The van der Waals surface area contributed by atoms with Crippen molar-refractivity contribution in [2.75, 3.05) is 30.8 Å². The lowest BCUT2D eigenvalue weighted by molar-refractivity contribution is -0.140.